The molecule has 3 rings (SSSR count). The fourth-order valence-electron chi connectivity index (χ4n) is 2.20. The van der Waals surface area contributed by atoms with E-state index in [1.807, 2.05) is 25.1 Å². The number of hydrogen-bond acceptors (Lipinski definition) is 3. The second-order valence-electron chi connectivity index (χ2n) is 4.21. The van der Waals surface area contributed by atoms with Crippen molar-refractivity contribution in [3.05, 3.63) is 29.5 Å². The number of nitrogens with zero attached hydrogens (tertiary/aromatic N) is 1. The molecule has 1 aliphatic heterocycles. The van der Waals surface area contributed by atoms with E-state index in [9.17, 15) is 4.79 Å². The second-order valence-corrected chi connectivity index (χ2v) is 4.21. The summed E-state index contributed by atoms with van der Waals surface area (Å²) < 4.78 is 0. The molecule has 0 radical (unpaired) electrons. The van der Waals surface area contributed by atoms with Crippen molar-refractivity contribution in [2.75, 3.05) is 11.1 Å². The van der Waals surface area contributed by atoms with Gasteiger partial charge in [0.15, 0.2) is 5.82 Å². The van der Waals surface area contributed by atoms with Gasteiger partial charge in [0.05, 0.1) is 6.42 Å². The summed E-state index contributed by atoms with van der Waals surface area (Å²) in [4.78, 5) is 11.3. The van der Waals surface area contributed by atoms with E-state index >= 15 is 0 Å². The Morgan fingerprint density at radius 3 is 2.94 bits per heavy atom. The molecule has 0 aliphatic carbocycles. The van der Waals surface area contributed by atoms with Gasteiger partial charge >= 0.3 is 0 Å². The molecule has 2 aromatic rings. The van der Waals surface area contributed by atoms with Gasteiger partial charge in [-0.3, -0.25) is 9.89 Å². The van der Waals surface area contributed by atoms with Crippen molar-refractivity contribution in [2.24, 2.45) is 0 Å². The van der Waals surface area contributed by atoms with Crippen molar-refractivity contribution < 1.29 is 4.79 Å². The van der Waals surface area contributed by atoms with E-state index in [4.69, 9.17) is 5.73 Å². The zero-order chi connectivity index (χ0) is 12.0. The van der Waals surface area contributed by atoms with E-state index in [1.54, 1.807) is 0 Å². The molecule has 0 fully saturated rings. The Kier molecular flexibility index (Phi) is 1.95. The molecule has 5 heteroatoms. The number of carbonyl (C=O) groups is 1. The van der Waals surface area contributed by atoms with Gasteiger partial charge in [0.1, 0.15) is 0 Å². The first-order valence-corrected chi connectivity index (χ1v) is 5.39. The smallest absolute Gasteiger partial charge is 0.228 e. The van der Waals surface area contributed by atoms with Gasteiger partial charge in [-0.05, 0) is 30.2 Å². The third kappa shape index (κ3) is 1.47. The Bertz CT molecular complexity index is 595. The number of nitrogen functional groups attached to an aromatic ring is 1. The number of nitrogens with two attached hydrogens (primary N) is 1. The van der Waals surface area contributed by atoms with Crippen molar-refractivity contribution in [3.8, 4) is 11.1 Å². The number of H-pyrrole nitrogens is 1. The highest BCUT2D eigenvalue weighted by atomic mass is 16.1. The number of aromatic amines is 1. The number of aromatic nitrogens is 2. The van der Waals surface area contributed by atoms with Crippen LogP contribution in [0.3, 0.4) is 0 Å². The molecule has 17 heavy (non-hydrogen) atoms. The van der Waals surface area contributed by atoms with Crippen molar-refractivity contribution in [1.82, 2.24) is 10.2 Å². The highest BCUT2D eigenvalue weighted by molar-refractivity contribution is 5.99. The van der Waals surface area contributed by atoms with Crippen LogP contribution >= 0.6 is 0 Å². The van der Waals surface area contributed by atoms with E-state index in [-0.39, 0.29) is 5.91 Å². The maximum atomic E-state index is 11.3. The summed E-state index contributed by atoms with van der Waals surface area (Å²) in [5.74, 6) is 0.522. The Morgan fingerprint density at radius 2 is 2.24 bits per heavy atom. The molecule has 1 aromatic heterocycles. The maximum absolute atomic E-state index is 11.3. The quantitative estimate of drug-likeness (QED) is 0.691. The number of carbonyl (C=O) groups excluding carboxylic acids is 1. The standard InChI is InChI=1S/C12H12N4O/c1-6-11(12(13)16-15-6)7-2-3-9-8(4-7)5-10(17)14-9/h2-4H,5H2,1H3,(H,14,17)(H3,13,15,16). The molecule has 0 atom stereocenters. The van der Waals surface area contributed by atoms with E-state index in [0.29, 0.717) is 12.2 Å². The van der Waals surface area contributed by atoms with Gasteiger partial charge in [0.2, 0.25) is 5.91 Å². The van der Waals surface area contributed by atoms with Crippen molar-refractivity contribution in [1.29, 1.82) is 0 Å². The van der Waals surface area contributed by atoms with Crippen LogP contribution in [0, 0.1) is 6.92 Å². The van der Waals surface area contributed by atoms with E-state index in [2.05, 4.69) is 15.5 Å². The van der Waals surface area contributed by atoms with Crippen molar-refractivity contribution >= 4 is 17.4 Å². The van der Waals surface area contributed by atoms with Gasteiger partial charge in [-0.2, -0.15) is 5.10 Å². The molecule has 1 aliphatic rings. The highest BCUT2D eigenvalue weighted by Crippen LogP contribution is 2.32. The minimum Gasteiger partial charge on any atom is -0.382 e. The molecular formula is C12H12N4O. The summed E-state index contributed by atoms with van der Waals surface area (Å²) in [6, 6.07) is 5.83. The predicted molar refractivity (Wildman–Crippen MR) is 65.5 cm³/mol. The SMILES string of the molecule is Cc1[nH]nc(N)c1-c1ccc2c(c1)CC(=O)N2. The summed E-state index contributed by atoms with van der Waals surface area (Å²) >= 11 is 0. The summed E-state index contributed by atoms with van der Waals surface area (Å²) in [7, 11) is 0. The number of hydrogen-bond donors (Lipinski definition) is 3. The molecule has 1 aromatic carbocycles. The van der Waals surface area contributed by atoms with Gasteiger partial charge in [-0.15, -0.1) is 0 Å². The molecule has 0 spiro atoms. The van der Waals surface area contributed by atoms with Crippen LogP contribution in [-0.4, -0.2) is 16.1 Å². The van der Waals surface area contributed by atoms with Crippen LogP contribution < -0.4 is 11.1 Å². The second kappa shape index (κ2) is 3.35. The van der Waals surface area contributed by atoms with Crippen molar-refractivity contribution in [2.45, 2.75) is 13.3 Å². The molecule has 4 N–H and O–H groups in total. The average Bonchev–Trinajstić information content (AvgIpc) is 2.80. The summed E-state index contributed by atoms with van der Waals surface area (Å²) in [6.07, 6.45) is 0.431. The molecule has 5 nitrogen and oxygen atoms in total. The lowest BCUT2D eigenvalue weighted by Crippen LogP contribution is -2.03. The number of anilines is 2. The van der Waals surface area contributed by atoms with Gasteiger partial charge in [0, 0.05) is 16.9 Å². The lowest BCUT2D eigenvalue weighted by atomic mass is 10.0. The lowest BCUT2D eigenvalue weighted by Gasteiger charge is -2.04. The van der Waals surface area contributed by atoms with Crippen LogP contribution in [0.5, 0.6) is 0 Å². The number of aryl methyl sites for hydroxylation is 1. The van der Waals surface area contributed by atoms with E-state index < -0.39 is 0 Å². The first-order valence-electron chi connectivity index (χ1n) is 5.39. The number of fused-ring (bicyclic) bond motifs is 1. The first kappa shape index (κ1) is 9.89. The van der Waals surface area contributed by atoms with Gasteiger partial charge < -0.3 is 11.1 Å². The van der Waals surface area contributed by atoms with Gasteiger partial charge in [-0.1, -0.05) is 6.07 Å². The lowest BCUT2D eigenvalue weighted by molar-refractivity contribution is -0.115. The van der Waals surface area contributed by atoms with Crippen LogP contribution in [0.25, 0.3) is 11.1 Å². The Morgan fingerprint density at radius 1 is 1.41 bits per heavy atom. The van der Waals surface area contributed by atoms with Crippen LogP contribution in [-0.2, 0) is 11.2 Å². The van der Waals surface area contributed by atoms with Crippen LogP contribution in [0.1, 0.15) is 11.3 Å². The largest absolute Gasteiger partial charge is 0.382 e. The minimum atomic E-state index is 0.0361. The molecular weight excluding hydrogens is 216 g/mol. The fourth-order valence-corrected chi connectivity index (χ4v) is 2.20. The van der Waals surface area contributed by atoms with E-state index in [1.165, 1.54) is 0 Å². The number of benzene rings is 1. The third-order valence-corrected chi connectivity index (χ3v) is 2.99. The number of nitrogens with one attached hydrogen (secondary N) is 2. The Labute approximate surface area is 98.0 Å². The Hall–Kier alpha value is -2.30. The summed E-state index contributed by atoms with van der Waals surface area (Å²) in [6.45, 7) is 1.93. The number of amides is 1. The minimum absolute atomic E-state index is 0.0361. The summed E-state index contributed by atoms with van der Waals surface area (Å²) in [5.41, 5.74) is 10.5. The fraction of sp³-hybridized carbons (Fsp3) is 0.167. The zero-order valence-electron chi connectivity index (χ0n) is 9.37. The summed E-state index contributed by atoms with van der Waals surface area (Å²) in [5, 5.41) is 9.63. The topological polar surface area (TPSA) is 83.8 Å². The number of rotatable bonds is 1. The average molecular weight is 228 g/mol. The Balaban J connectivity index is 2.12. The predicted octanol–water partition coefficient (Wildman–Crippen LogP) is 1.46. The maximum Gasteiger partial charge on any atom is 0.228 e. The van der Waals surface area contributed by atoms with E-state index in [0.717, 1.165) is 28.1 Å². The molecule has 0 bridgehead atoms. The van der Waals surface area contributed by atoms with Crippen LogP contribution in [0.2, 0.25) is 0 Å². The van der Waals surface area contributed by atoms with Crippen LogP contribution in [0.4, 0.5) is 11.5 Å². The van der Waals surface area contributed by atoms with Crippen molar-refractivity contribution in [3.63, 3.8) is 0 Å². The first-order chi connectivity index (χ1) is 8.15. The normalized spacial score (nSPS) is 13.6. The third-order valence-electron chi connectivity index (χ3n) is 2.99. The molecule has 2 heterocycles. The van der Waals surface area contributed by atoms with Gasteiger partial charge in [-0.25, -0.2) is 0 Å². The molecule has 0 unspecified atom stereocenters. The highest BCUT2D eigenvalue weighted by Gasteiger charge is 2.19. The van der Waals surface area contributed by atoms with Gasteiger partial charge in [0.25, 0.3) is 0 Å². The molecule has 1 amide bonds. The zero-order valence-corrected chi connectivity index (χ0v) is 9.37. The molecule has 86 valence electrons. The van der Waals surface area contributed by atoms with Crippen LogP contribution in [0.15, 0.2) is 18.2 Å². The molecule has 0 saturated heterocycles. The monoisotopic (exact) mass is 228 g/mol. The molecule has 0 saturated carbocycles.